The first-order valence-corrected chi connectivity index (χ1v) is 3.14. The predicted octanol–water partition coefficient (Wildman–Crippen LogP) is 1.74. The van der Waals surface area contributed by atoms with E-state index in [1.54, 1.807) is 0 Å². The minimum atomic E-state index is -1.06. The third-order valence-electron chi connectivity index (χ3n) is 1.13. The van der Waals surface area contributed by atoms with Crippen LogP contribution < -0.4 is 0 Å². The van der Waals surface area contributed by atoms with Crippen molar-refractivity contribution in [3.63, 3.8) is 0 Å². The molecule has 0 saturated carbocycles. The number of rotatable bonds is 4. The molecule has 2 nitrogen and oxygen atoms in total. The van der Waals surface area contributed by atoms with E-state index in [4.69, 9.17) is 4.74 Å². The van der Waals surface area contributed by atoms with Gasteiger partial charge in [0.15, 0.2) is 0 Å². The van der Waals surface area contributed by atoms with Gasteiger partial charge in [0.2, 0.25) is 6.29 Å². The Balaban J connectivity index is 3.33. The predicted molar refractivity (Wildman–Crippen MR) is 35.5 cm³/mol. The average Bonchev–Trinajstić information content (AvgIpc) is 1.87. The van der Waals surface area contributed by atoms with Gasteiger partial charge < -0.3 is 4.74 Å². The van der Waals surface area contributed by atoms with Crippen LogP contribution >= 0.6 is 0 Å². The Bertz CT molecular complexity index is 81.0. The SMILES string of the molecule is C=CC([O])OC(C)CC. The van der Waals surface area contributed by atoms with Crippen molar-refractivity contribution >= 4 is 0 Å². The maximum Gasteiger partial charge on any atom is 0.210 e. The zero-order valence-corrected chi connectivity index (χ0v) is 5.96. The van der Waals surface area contributed by atoms with Crippen LogP contribution in [0.5, 0.6) is 0 Å². The average molecular weight is 129 g/mol. The Morgan fingerprint density at radius 2 is 2.33 bits per heavy atom. The van der Waals surface area contributed by atoms with Gasteiger partial charge in [-0.25, -0.2) is 0 Å². The topological polar surface area (TPSA) is 29.1 Å². The quantitative estimate of drug-likeness (QED) is 0.420. The van der Waals surface area contributed by atoms with Gasteiger partial charge in [-0.2, -0.15) is 5.11 Å². The van der Waals surface area contributed by atoms with Crippen molar-refractivity contribution in [1.29, 1.82) is 0 Å². The van der Waals surface area contributed by atoms with Crippen molar-refractivity contribution in [3.05, 3.63) is 12.7 Å². The molecule has 0 aliphatic heterocycles. The molecule has 2 unspecified atom stereocenters. The van der Waals surface area contributed by atoms with Gasteiger partial charge >= 0.3 is 0 Å². The highest BCUT2D eigenvalue weighted by Crippen LogP contribution is 1.99. The maximum atomic E-state index is 10.5. The van der Waals surface area contributed by atoms with Crippen LogP contribution in [-0.2, 0) is 9.84 Å². The molecule has 0 aliphatic rings. The van der Waals surface area contributed by atoms with Crippen LogP contribution in [0.2, 0.25) is 0 Å². The molecular weight excluding hydrogens is 116 g/mol. The molecule has 0 rings (SSSR count). The molecule has 2 atom stereocenters. The van der Waals surface area contributed by atoms with Crippen LogP contribution in [-0.4, -0.2) is 12.4 Å². The molecule has 1 radical (unpaired) electrons. The van der Waals surface area contributed by atoms with E-state index in [1.165, 1.54) is 6.08 Å². The van der Waals surface area contributed by atoms with Crippen LogP contribution in [0.4, 0.5) is 0 Å². The molecule has 0 heterocycles. The van der Waals surface area contributed by atoms with Crippen molar-refractivity contribution < 1.29 is 9.84 Å². The Morgan fingerprint density at radius 3 is 2.67 bits per heavy atom. The van der Waals surface area contributed by atoms with Crippen LogP contribution in [0.15, 0.2) is 12.7 Å². The largest absolute Gasteiger partial charge is 0.344 e. The Hall–Kier alpha value is -0.340. The summed E-state index contributed by atoms with van der Waals surface area (Å²) in [7, 11) is 0. The molecule has 0 saturated heterocycles. The fraction of sp³-hybridized carbons (Fsp3) is 0.714. The first-order chi connectivity index (χ1) is 4.20. The normalized spacial score (nSPS) is 16.8. The van der Waals surface area contributed by atoms with Crippen molar-refractivity contribution in [2.24, 2.45) is 0 Å². The first kappa shape index (κ1) is 8.66. The van der Waals surface area contributed by atoms with Gasteiger partial charge in [-0.3, -0.25) is 0 Å². The van der Waals surface area contributed by atoms with Crippen LogP contribution in [0.1, 0.15) is 20.3 Å². The van der Waals surface area contributed by atoms with E-state index in [1.807, 2.05) is 13.8 Å². The Kier molecular flexibility index (Phi) is 4.36. The minimum Gasteiger partial charge on any atom is -0.344 e. The van der Waals surface area contributed by atoms with Crippen LogP contribution in [0.3, 0.4) is 0 Å². The molecule has 0 bridgehead atoms. The van der Waals surface area contributed by atoms with Gasteiger partial charge in [0.05, 0.1) is 6.10 Å². The van der Waals surface area contributed by atoms with E-state index in [0.717, 1.165) is 6.42 Å². The van der Waals surface area contributed by atoms with Gasteiger partial charge in [-0.1, -0.05) is 13.5 Å². The Morgan fingerprint density at radius 1 is 1.78 bits per heavy atom. The molecular formula is C7H13O2. The molecule has 2 heteroatoms. The Labute approximate surface area is 56.1 Å². The summed E-state index contributed by atoms with van der Waals surface area (Å²) in [6, 6.07) is 0. The lowest BCUT2D eigenvalue weighted by Crippen LogP contribution is -2.14. The minimum absolute atomic E-state index is 0.0468. The van der Waals surface area contributed by atoms with Gasteiger partial charge in [0.25, 0.3) is 0 Å². The zero-order chi connectivity index (χ0) is 7.28. The smallest absolute Gasteiger partial charge is 0.210 e. The lowest BCUT2D eigenvalue weighted by molar-refractivity contribution is -0.135. The molecule has 0 aromatic heterocycles. The highest BCUT2D eigenvalue weighted by molar-refractivity contribution is 4.70. The van der Waals surface area contributed by atoms with Crippen molar-refractivity contribution in [2.45, 2.75) is 32.7 Å². The third-order valence-corrected chi connectivity index (χ3v) is 1.13. The van der Waals surface area contributed by atoms with Crippen molar-refractivity contribution in [3.8, 4) is 0 Å². The molecule has 0 aliphatic carbocycles. The van der Waals surface area contributed by atoms with Crippen molar-refractivity contribution in [1.82, 2.24) is 0 Å². The summed E-state index contributed by atoms with van der Waals surface area (Å²) in [6.07, 6.45) is 1.11. The van der Waals surface area contributed by atoms with Gasteiger partial charge in [-0.15, -0.1) is 0 Å². The van der Waals surface area contributed by atoms with E-state index in [9.17, 15) is 5.11 Å². The fourth-order valence-corrected chi connectivity index (χ4v) is 0.381. The lowest BCUT2D eigenvalue weighted by atomic mass is 10.3. The summed E-state index contributed by atoms with van der Waals surface area (Å²) >= 11 is 0. The van der Waals surface area contributed by atoms with Gasteiger partial charge in [0, 0.05) is 0 Å². The molecule has 9 heavy (non-hydrogen) atoms. The summed E-state index contributed by atoms with van der Waals surface area (Å²) in [5.41, 5.74) is 0. The second-order valence-electron chi connectivity index (χ2n) is 1.96. The maximum absolute atomic E-state index is 10.5. The monoisotopic (exact) mass is 129 g/mol. The van der Waals surface area contributed by atoms with Crippen molar-refractivity contribution in [2.75, 3.05) is 0 Å². The van der Waals surface area contributed by atoms with E-state index in [0.29, 0.717) is 0 Å². The number of ether oxygens (including phenoxy) is 1. The van der Waals surface area contributed by atoms with E-state index >= 15 is 0 Å². The van der Waals surface area contributed by atoms with E-state index in [-0.39, 0.29) is 6.10 Å². The van der Waals surface area contributed by atoms with Gasteiger partial charge in [-0.05, 0) is 19.4 Å². The van der Waals surface area contributed by atoms with Crippen LogP contribution in [0.25, 0.3) is 0 Å². The summed E-state index contributed by atoms with van der Waals surface area (Å²) in [5.74, 6) is 0. The summed E-state index contributed by atoms with van der Waals surface area (Å²) in [4.78, 5) is 0. The molecule has 0 aromatic carbocycles. The van der Waals surface area contributed by atoms with Crippen LogP contribution in [0, 0.1) is 0 Å². The highest BCUT2D eigenvalue weighted by atomic mass is 16.6. The fourth-order valence-electron chi connectivity index (χ4n) is 0.381. The summed E-state index contributed by atoms with van der Waals surface area (Å²) in [5, 5.41) is 10.5. The lowest BCUT2D eigenvalue weighted by Gasteiger charge is -2.10. The second-order valence-corrected chi connectivity index (χ2v) is 1.96. The molecule has 0 fully saturated rings. The number of hydrogen-bond acceptors (Lipinski definition) is 1. The zero-order valence-electron chi connectivity index (χ0n) is 5.96. The summed E-state index contributed by atoms with van der Waals surface area (Å²) in [6.45, 7) is 7.15. The van der Waals surface area contributed by atoms with E-state index in [2.05, 4.69) is 6.58 Å². The van der Waals surface area contributed by atoms with Gasteiger partial charge in [0.1, 0.15) is 0 Å². The molecule has 0 spiro atoms. The first-order valence-electron chi connectivity index (χ1n) is 3.14. The standard InChI is InChI=1S/C7H13O2/c1-4-6(3)9-7(8)5-2/h5-7H,2,4H2,1,3H3. The highest BCUT2D eigenvalue weighted by Gasteiger charge is 2.04. The second kappa shape index (κ2) is 4.53. The molecule has 53 valence electrons. The number of hydrogen-bond donors (Lipinski definition) is 0. The van der Waals surface area contributed by atoms with E-state index < -0.39 is 6.29 Å². The molecule has 0 aromatic rings. The molecule has 0 N–H and O–H groups in total. The molecule has 0 amide bonds. The summed E-state index contributed by atoms with van der Waals surface area (Å²) < 4.78 is 4.88. The third kappa shape index (κ3) is 4.18.